The van der Waals surface area contributed by atoms with Crippen LogP contribution in [0.4, 0.5) is 0 Å². The normalized spacial score (nSPS) is 12.0. The van der Waals surface area contributed by atoms with Crippen molar-refractivity contribution in [3.05, 3.63) is 30.1 Å². The van der Waals surface area contributed by atoms with E-state index in [4.69, 9.17) is 10.4 Å². The Balaban J connectivity index is 2.58. The van der Waals surface area contributed by atoms with Gasteiger partial charge in [0.1, 0.15) is 0 Å². The van der Waals surface area contributed by atoms with E-state index in [2.05, 4.69) is 4.98 Å². The molecule has 1 rings (SSSR count). The molecule has 0 aliphatic heterocycles. The smallest absolute Gasteiger partial charge is 0.0735 e. The van der Waals surface area contributed by atoms with E-state index in [1.165, 1.54) is 0 Å². The number of nitriles is 1. The van der Waals surface area contributed by atoms with Gasteiger partial charge in [-0.1, -0.05) is 6.07 Å². The highest BCUT2D eigenvalue weighted by Crippen LogP contribution is 2.05. The number of aromatic nitrogens is 1. The number of nitrogens with zero attached hydrogens (tertiary/aromatic N) is 2. The van der Waals surface area contributed by atoms with E-state index in [9.17, 15) is 0 Å². The van der Waals surface area contributed by atoms with E-state index in [0.717, 1.165) is 5.56 Å². The van der Waals surface area contributed by atoms with Gasteiger partial charge in [-0.25, -0.2) is 0 Å². The molecule has 1 atom stereocenters. The van der Waals surface area contributed by atoms with E-state index in [1.807, 2.05) is 18.2 Å². The van der Waals surface area contributed by atoms with Gasteiger partial charge in [0, 0.05) is 12.4 Å². The second-order valence-corrected chi connectivity index (χ2v) is 2.57. The molecule has 0 bridgehead atoms. The molecule has 0 aliphatic rings. The summed E-state index contributed by atoms with van der Waals surface area (Å²) in [4.78, 5) is 3.92. The van der Waals surface area contributed by atoms with Gasteiger partial charge in [0.25, 0.3) is 0 Å². The molecule has 62 valence electrons. The highest BCUT2D eigenvalue weighted by Gasteiger charge is 2.05. The second kappa shape index (κ2) is 4.47. The Hall–Kier alpha value is -1.40. The van der Waals surface area contributed by atoms with E-state index >= 15 is 0 Å². The summed E-state index contributed by atoms with van der Waals surface area (Å²) in [6.07, 6.45) is 3.96. The summed E-state index contributed by atoms with van der Waals surface area (Å²) in [5.74, 6) is -0.311. The van der Waals surface area contributed by atoms with Crippen LogP contribution < -0.4 is 0 Å². The summed E-state index contributed by atoms with van der Waals surface area (Å²) in [5.41, 5.74) is 0.984. The number of hydrogen-bond acceptors (Lipinski definition) is 3. The topological polar surface area (TPSA) is 56.9 Å². The Bertz CT molecular complexity index is 266. The summed E-state index contributed by atoms with van der Waals surface area (Å²) >= 11 is 0. The first-order valence-corrected chi connectivity index (χ1v) is 3.76. The number of hydrogen-bond donors (Lipinski definition) is 1. The minimum Gasteiger partial charge on any atom is -0.395 e. The van der Waals surface area contributed by atoms with Crippen LogP contribution in [-0.2, 0) is 6.42 Å². The molecule has 0 saturated carbocycles. The molecule has 0 aromatic carbocycles. The van der Waals surface area contributed by atoms with Crippen LogP contribution in [0.1, 0.15) is 5.56 Å². The van der Waals surface area contributed by atoms with Gasteiger partial charge in [0.05, 0.1) is 18.6 Å². The van der Waals surface area contributed by atoms with Crippen molar-refractivity contribution in [2.24, 2.45) is 5.92 Å². The largest absolute Gasteiger partial charge is 0.395 e. The Morgan fingerprint density at radius 1 is 1.67 bits per heavy atom. The minimum absolute atomic E-state index is 0.0919. The molecule has 0 saturated heterocycles. The number of pyridine rings is 1. The van der Waals surface area contributed by atoms with Gasteiger partial charge in [-0.15, -0.1) is 0 Å². The lowest BCUT2D eigenvalue weighted by Crippen LogP contribution is -2.06. The molecule has 1 N–H and O–H groups in total. The van der Waals surface area contributed by atoms with Crippen molar-refractivity contribution < 1.29 is 5.11 Å². The SMILES string of the molecule is N#C[C@@H](CO)Cc1cccnc1. The highest BCUT2D eigenvalue weighted by molar-refractivity contribution is 5.11. The Labute approximate surface area is 71.3 Å². The Kier molecular flexibility index (Phi) is 3.24. The average Bonchev–Trinajstić information content (AvgIpc) is 2.16. The quantitative estimate of drug-likeness (QED) is 0.713. The van der Waals surface area contributed by atoms with Crippen LogP contribution in [-0.4, -0.2) is 16.7 Å². The van der Waals surface area contributed by atoms with Crippen molar-refractivity contribution in [2.45, 2.75) is 6.42 Å². The van der Waals surface area contributed by atoms with Crippen LogP contribution in [0.5, 0.6) is 0 Å². The van der Waals surface area contributed by atoms with Crippen LogP contribution in [0, 0.1) is 17.2 Å². The molecule has 0 unspecified atom stereocenters. The molecule has 3 heteroatoms. The highest BCUT2D eigenvalue weighted by atomic mass is 16.3. The first-order valence-electron chi connectivity index (χ1n) is 3.76. The predicted molar refractivity (Wildman–Crippen MR) is 44.1 cm³/mol. The maximum atomic E-state index is 8.74. The molecule has 12 heavy (non-hydrogen) atoms. The lowest BCUT2D eigenvalue weighted by atomic mass is 10.0. The van der Waals surface area contributed by atoms with Crippen LogP contribution >= 0.6 is 0 Å². The summed E-state index contributed by atoms with van der Waals surface area (Å²) in [7, 11) is 0. The molecule has 0 aliphatic carbocycles. The van der Waals surface area contributed by atoms with Crippen LogP contribution in [0.15, 0.2) is 24.5 Å². The van der Waals surface area contributed by atoms with Crippen molar-refractivity contribution in [3.63, 3.8) is 0 Å². The predicted octanol–water partition coefficient (Wildman–Crippen LogP) is 0.756. The van der Waals surface area contributed by atoms with E-state index in [-0.39, 0.29) is 12.5 Å². The number of aliphatic hydroxyl groups is 1. The molecular formula is C9H10N2O. The molecule has 1 heterocycles. The number of rotatable bonds is 3. The molecule has 1 aromatic rings. The first-order chi connectivity index (χ1) is 5.86. The summed E-state index contributed by atoms with van der Waals surface area (Å²) < 4.78 is 0. The monoisotopic (exact) mass is 162 g/mol. The van der Waals surface area contributed by atoms with Gasteiger partial charge in [-0.05, 0) is 18.1 Å². The number of aliphatic hydroxyl groups excluding tert-OH is 1. The third kappa shape index (κ3) is 2.33. The summed E-state index contributed by atoms with van der Waals surface area (Å²) in [5, 5.41) is 17.3. The Morgan fingerprint density at radius 2 is 2.50 bits per heavy atom. The summed E-state index contributed by atoms with van der Waals surface area (Å²) in [6.45, 7) is -0.0919. The van der Waals surface area contributed by atoms with E-state index < -0.39 is 0 Å². The minimum atomic E-state index is -0.311. The zero-order valence-electron chi connectivity index (χ0n) is 6.64. The maximum absolute atomic E-state index is 8.74. The second-order valence-electron chi connectivity index (χ2n) is 2.57. The first kappa shape index (κ1) is 8.69. The zero-order chi connectivity index (χ0) is 8.81. The lowest BCUT2D eigenvalue weighted by molar-refractivity contribution is 0.255. The van der Waals surface area contributed by atoms with Crippen LogP contribution in [0.3, 0.4) is 0 Å². The van der Waals surface area contributed by atoms with E-state index in [1.54, 1.807) is 12.4 Å². The molecule has 0 radical (unpaired) electrons. The molecule has 0 spiro atoms. The van der Waals surface area contributed by atoms with Crippen LogP contribution in [0.2, 0.25) is 0 Å². The van der Waals surface area contributed by atoms with Gasteiger partial charge >= 0.3 is 0 Å². The van der Waals surface area contributed by atoms with Gasteiger partial charge in [0.15, 0.2) is 0 Å². The average molecular weight is 162 g/mol. The molecule has 1 aromatic heterocycles. The van der Waals surface area contributed by atoms with Crippen molar-refractivity contribution >= 4 is 0 Å². The van der Waals surface area contributed by atoms with Gasteiger partial charge < -0.3 is 5.11 Å². The van der Waals surface area contributed by atoms with Crippen molar-refractivity contribution in [3.8, 4) is 6.07 Å². The fourth-order valence-electron chi connectivity index (χ4n) is 0.954. The fraction of sp³-hybridized carbons (Fsp3) is 0.333. The molecule has 3 nitrogen and oxygen atoms in total. The third-order valence-electron chi connectivity index (χ3n) is 1.61. The van der Waals surface area contributed by atoms with Crippen molar-refractivity contribution in [1.82, 2.24) is 4.98 Å². The van der Waals surface area contributed by atoms with Gasteiger partial charge in [-0.3, -0.25) is 4.98 Å². The summed E-state index contributed by atoms with van der Waals surface area (Å²) in [6, 6.07) is 5.74. The van der Waals surface area contributed by atoms with Gasteiger partial charge in [-0.2, -0.15) is 5.26 Å². The van der Waals surface area contributed by atoms with E-state index in [0.29, 0.717) is 6.42 Å². The Morgan fingerprint density at radius 3 is 3.00 bits per heavy atom. The van der Waals surface area contributed by atoms with Crippen molar-refractivity contribution in [2.75, 3.05) is 6.61 Å². The maximum Gasteiger partial charge on any atom is 0.0735 e. The zero-order valence-corrected chi connectivity index (χ0v) is 6.64. The van der Waals surface area contributed by atoms with Gasteiger partial charge in [0.2, 0.25) is 0 Å². The third-order valence-corrected chi connectivity index (χ3v) is 1.61. The molecular weight excluding hydrogens is 152 g/mol. The standard InChI is InChI=1S/C9H10N2O/c10-5-9(7-12)4-8-2-1-3-11-6-8/h1-3,6,9,12H,4,7H2/t9-/m0/s1. The fourth-order valence-corrected chi connectivity index (χ4v) is 0.954. The molecule has 0 fully saturated rings. The molecule has 0 amide bonds. The van der Waals surface area contributed by atoms with Crippen LogP contribution in [0.25, 0.3) is 0 Å². The lowest BCUT2D eigenvalue weighted by Gasteiger charge is -2.03. The van der Waals surface area contributed by atoms with Crippen molar-refractivity contribution in [1.29, 1.82) is 5.26 Å².